The van der Waals surface area contributed by atoms with Gasteiger partial charge in [-0.1, -0.05) is 6.07 Å². The van der Waals surface area contributed by atoms with Crippen LogP contribution in [0.2, 0.25) is 0 Å². The summed E-state index contributed by atoms with van der Waals surface area (Å²) in [6.07, 6.45) is 5.20. The number of hydrogen-bond acceptors (Lipinski definition) is 6. The summed E-state index contributed by atoms with van der Waals surface area (Å²) in [5.74, 6) is 2.62. The second-order valence-corrected chi connectivity index (χ2v) is 7.11. The molecule has 0 saturated carbocycles. The highest BCUT2D eigenvalue weighted by atomic mass is 16.5. The maximum Gasteiger partial charge on any atom is 0.323 e. The van der Waals surface area contributed by atoms with Gasteiger partial charge in [-0.15, -0.1) is 0 Å². The van der Waals surface area contributed by atoms with Crippen LogP contribution in [0.1, 0.15) is 11.4 Å². The minimum atomic E-state index is -0.356. The number of nitrogens with one attached hydrogen (secondary N) is 3. The third-order valence-electron chi connectivity index (χ3n) is 4.61. The molecule has 0 atom stereocenters. The van der Waals surface area contributed by atoms with Gasteiger partial charge in [-0.2, -0.15) is 0 Å². The molecule has 3 N–H and O–H groups in total. The van der Waals surface area contributed by atoms with Crippen LogP contribution >= 0.6 is 0 Å². The first-order valence-electron chi connectivity index (χ1n) is 9.94. The molecule has 32 heavy (non-hydrogen) atoms. The average molecular weight is 429 g/mol. The average Bonchev–Trinajstić information content (AvgIpc) is 3.30. The Balaban J connectivity index is 1.42. The van der Waals surface area contributed by atoms with Gasteiger partial charge >= 0.3 is 6.03 Å². The predicted octanol–water partition coefficient (Wildman–Crippen LogP) is 4.68. The van der Waals surface area contributed by atoms with E-state index in [1.807, 2.05) is 61.0 Å². The zero-order valence-corrected chi connectivity index (χ0v) is 18.0. The SMILES string of the molecule is COc1ccc(C)cc1NC(=O)Nc1ccc(Nc2cc(-n3ccnc3)nc(C)n2)cc1. The van der Waals surface area contributed by atoms with E-state index in [2.05, 4.69) is 30.9 Å². The first-order chi connectivity index (χ1) is 15.5. The van der Waals surface area contributed by atoms with Crippen molar-refractivity contribution in [3.05, 3.63) is 78.6 Å². The summed E-state index contributed by atoms with van der Waals surface area (Å²) >= 11 is 0. The van der Waals surface area contributed by atoms with Crippen molar-refractivity contribution >= 4 is 28.9 Å². The van der Waals surface area contributed by atoms with Crippen molar-refractivity contribution in [3.63, 3.8) is 0 Å². The van der Waals surface area contributed by atoms with E-state index < -0.39 is 0 Å². The molecule has 162 valence electrons. The van der Waals surface area contributed by atoms with Gasteiger partial charge in [0, 0.05) is 29.8 Å². The maximum absolute atomic E-state index is 12.4. The van der Waals surface area contributed by atoms with Gasteiger partial charge in [0.1, 0.15) is 29.5 Å². The zero-order chi connectivity index (χ0) is 22.5. The van der Waals surface area contributed by atoms with Crippen LogP contribution in [0.5, 0.6) is 5.75 Å². The van der Waals surface area contributed by atoms with Gasteiger partial charge in [0.2, 0.25) is 0 Å². The number of aryl methyl sites for hydroxylation is 2. The Labute approximate surface area is 185 Å². The fourth-order valence-corrected chi connectivity index (χ4v) is 3.13. The Morgan fingerprint density at radius 1 is 0.969 bits per heavy atom. The van der Waals surface area contributed by atoms with Gasteiger partial charge in [-0.05, 0) is 55.8 Å². The number of rotatable bonds is 6. The van der Waals surface area contributed by atoms with Crippen LogP contribution in [-0.2, 0) is 0 Å². The van der Waals surface area contributed by atoms with Gasteiger partial charge in [0.25, 0.3) is 0 Å². The molecule has 9 heteroatoms. The summed E-state index contributed by atoms with van der Waals surface area (Å²) in [5, 5.41) is 8.89. The standard InChI is InChI=1S/C23H23N7O2/c1-15-4-9-20(32-3)19(12-15)29-23(31)28-18-7-5-17(6-8-18)27-21-13-22(26-16(2)25-21)30-11-10-24-14-30/h4-14H,1-3H3,(H,25,26,27)(H2,28,29,31). The molecule has 0 aliphatic rings. The largest absolute Gasteiger partial charge is 0.495 e. The second kappa shape index (κ2) is 9.17. The number of imidazole rings is 1. The molecular weight excluding hydrogens is 406 g/mol. The van der Waals surface area contributed by atoms with Gasteiger partial charge in [0.15, 0.2) is 0 Å². The van der Waals surface area contributed by atoms with E-state index in [9.17, 15) is 4.79 Å². The molecular formula is C23H23N7O2. The lowest BCUT2D eigenvalue weighted by atomic mass is 10.2. The van der Waals surface area contributed by atoms with Crippen LogP contribution in [0.3, 0.4) is 0 Å². The molecule has 0 fully saturated rings. The minimum absolute atomic E-state index is 0.356. The Morgan fingerprint density at radius 2 is 1.75 bits per heavy atom. The zero-order valence-electron chi connectivity index (χ0n) is 18.0. The molecule has 0 aliphatic heterocycles. The van der Waals surface area contributed by atoms with Crippen LogP contribution in [0.15, 0.2) is 67.3 Å². The third-order valence-corrected chi connectivity index (χ3v) is 4.61. The molecule has 2 amide bonds. The molecule has 2 heterocycles. The normalized spacial score (nSPS) is 10.5. The number of hydrogen-bond donors (Lipinski definition) is 3. The van der Waals surface area contributed by atoms with E-state index in [0.29, 0.717) is 28.8 Å². The molecule has 4 aromatic rings. The minimum Gasteiger partial charge on any atom is -0.495 e. The lowest BCUT2D eigenvalue weighted by molar-refractivity contribution is 0.262. The van der Waals surface area contributed by atoms with E-state index in [1.165, 1.54) is 0 Å². The molecule has 0 saturated heterocycles. The van der Waals surface area contributed by atoms with Gasteiger partial charge in [-0.25, -0.2) is 19.7 Å². The quantitative estimate of drug-likeness (QED) is 0.411. The lowest BCUT2D eigenvalue weighted by Crippen LogP contribution is -2.19. The Kier molecular flexibility index (Phi) is 5.98. The van der Waals surface area contributed by atoms with E-state index >= 15 is 0 Å². The second-order valence-electron chi connectivity index (χ2n) is 7.11. The topological polar surface area (TPSA) is 106 Å². The number of anilines is 4. The van der Waals surface area contributed by atoms with Crippen molar-refractivity contribution in [2.75, 3.05) is 23.1 Å². The Hall–Kier alpha value is -4.40. The van der Waals surface area contributed by atoms with Gasteiger partial charge in [0.05, 0.1) is 12.8 Å². The van der Waals surface area contributed by atoms with E-state index in [1.54, 1.807) is 31.8 Å². The summed E-state index contributed by atoms with van der Waals surface area (Å²) < 4.78 is 7.11. The number of urea groups is 1. The van der Waals surface area contributed by atoms with Crippen molar-refractivity contribution in [2.24, 2.45) is 0 Å². The molecule has 0 bridgehead atoms. The number of amides is 2. The van der Waals surface area contributed by atoms with Crippen LogP contribution in [0, 0.1) is 13.8 Å². The summed E-state index contributed by atoms with van der Waals surface area (Å²) in [4.78, 5) is 25.3. The number of aromatic nitrogens is 4. The van der Waals surface area contributed by atoms with E-state index in [0.717, 1.165) is 17.1 Å². The highest BCUT2D eigenvalue weighted by Crippen LogP contribution is 2.25. The lowest BCUT2D eigenvalue weighted by Gasteiger charge is -2.13. The first-order valence-corrected chi connectivity index (χ1v) is 9.94. The number of carbonyl (C=O) groups is 1. The van der Waals surface area contributed by atoms with E-state index in [4.69, 9.17) is 4.74 Å². The molecule has 4 rings (SSSR count). The van der Waals surface area contributed by atoms with E-state index in [-0.39, 0.29) is 6.03 Å². The first kappa shape index (κ1) is 20.9. The number of carbonyl (C=O) groups excluding carboxylic acids is 1. The van der Waals surface area contributed by atoms with Crippen molar-refractivity contribution in [1.82, 2.24) is 19.5 Å². The highest BCUT2D eigenvalue weighted by Gasteiger charge is 2.09. The summed E-state index contributed by atoms with van der Waals surface area (Å²) in [6.45, 7) is 3.78. The summed E-state index contributed by atoms with van der Waals surface area (Å²) in [6, 6.07) is 14.4. The monoisotopic (exact) mass is 429 g/mol. The number of benzene rings is 2. The predicted molar refractivity (Wildman–Crippen MR) is 124 cm³/mol. The molecule has 0 unspecified atom stereocenters. The summed E-state index contributed by atoms with van der Waals surface area (Å²) in [7, 11) is 1.57. The van der Waals surface area contributed by atoms with Crippen LogP contribution < -0.4 is 20.7 Å². The fourth-order valence-electron chi connectivity index (χ4n) is 3.13. The fraction of sp³-hybridized carbons (Fsp3) is 0.130. The maximum atomic E-state index is 12.4. The Bertz CT molecular complexity index is 1220. The van der Waals surface area contributed by atoms with Crippen molar-refractivity contribution in [1.29, 1.82) is 0 Å². The van der Waals surface area contributed by atoms with Gasteiger partial charge in [-0.3, -0.25) is 4.57 Å². The smallest absolute Gasteiger partial charge is 0.323 e. The number of nitrogens with zero attached hydrogens (tertiary/aromatic N) is 4. The summed E-state index contributed by atoms with van der Waals surface area (Å²) in [5.41, 5.74) is 3.10. The molecule has 9 nitrogen and oxygen atoms in total. The molecule has 2 aromatic heterocycles. The van der Waals surface area contributed by atoms with Crippen molar-refractivity contribution in [3.8, 4) is 11.6 Å². The Morgan fingerprint density at radius 3 is 2.47 bits per heavy atom. The molecule has 0 radical (unpaired) electrons. The number of methoxy groups -OCH3 is 1. The molecule has 2 aromatic carbocycles. The van der Waals surface area contributed by atoms with Crippen molar-refractivity contribution < 1.29 is 9.53 Å². The number of ether oxygens (including phenoxy) is 1. The molecule has 0 aliphatic carbocycles. The van der Waals surface area contributed by atoms with Crippen LogP contribution in [0.25, 0.3) is 5.82 Å². The third kappa shape index (κ3) is 5.01. The van der Waals surface area contributed by atoms with Crippen molar-refractivity contribution in [2.45, 2.75) is 13.8 Å². The molecule has 0 spiro atoms. The highest BCUT2D eigenvalue weighted by molar-refractivity contribution is 6.00. The van der Waals surface area contributed by atoms with Gasteiger partial charge < -0.3 is 20.7 Å². The van der Waals surface area contributed by atoms with Crippen LogP contribution in [0.4, 0.5) is 27.7 Å². The van der Waals surface area contributed by atoms with Crippen LogP contribution in [-0.4, -0.2) is 32.7 Å².